The maximum absolute atomic E-state index is 13.0. The Hall–Kier alpha value is -2.54. The second-order valence-electron chi connectivity index (χ2n) is 6.24. The third-order valence-corrected chi connectivity index (χ3v) is 4.55. The van der Waals surface area contributed by atoms with Crippen LogP contribution in [0.15, 0.2) is 36.7 Å². The summed E-state index contributed by atoms with van der Waals surface area (Å²) in [7, 11) is 1.75. The summed E-state index contributed by atoms with van der Waals surface area (Å²) in [6.45, 7) is 0.792. The van der Waals surface area contributed by atoms with Crippen LogP contribution in [0.2, 0.25) is 0 Å². The minimum absolute atomic E-state index is 0.0436. The average molecular weight is 344 g/mol. The second-order valence-corrected chi connectivity index (χ2v) is 6.24. The van der Waals surface area contributed by atoms with Crippen molar-refractivity contribution in [1.82, 2.24) is 14.9 Å². The van der Waals surface area contributed by atoms with Gasteiger partial charge < -0.3 is 15.3 Å². The van der Waals surface area contributed by atoms with Crippen molar-refractivity contribution in [3.8, 4) is 0 Å². The van der Waals surface area contributed by atoms with Crippen molar-refractivity contribution in [3.05, 3.63) is 53.9 Å². The Morgan fingerprint density at radius 3 is 2.60 bits per heavy atom. The number of amides is 1. The van der Waals surface area contributed by atoms with Gasteiger partial charge in [-0.15, -0.1) is 0 Å². The number of nitrogens with one attached hydrogen (secondary N) is 1. The van der Waals surface area contributed by atoms with Crippen LogP contribution in [0.4, 0.5) is 10.1 Å². The zero-order valence-corrected chi connectivity index (χ0v) is 14.0. The van der Waals surface area contributed by atoms with Gasteiger partial charge >= 0.3 is 0 Å². The Morgan fingerprint density at radius 1 is 1.32 bits per heavy atom. The van der Waals surface area contributed by atoms with Crippen LogP contribution < -0.4 is 5.32 Å². The van der Waals surface area contributed by atoms with E-state index in [4.69, 9.17) is 0 Å². The number of aliphatic hydroxyl groups excluding tert-OH is 1. The molecule has 25 heavy (non-hydrogen) atoms. The summed E-state index contributed by atoms with van der Waals surface area (Å²) in [6.07, 6.45) is 3.82. The van der Waals surface area contributed by atoms with Gasteiger partial charge in [-0.2, -0.15) is 0 Å². The topological polar surface area (TPSA) is 78.4 Å². The van der Waals surface area contributed by atoms with E-state index < -0.39 is 6.10 Å². The van der Waals surface area contributed by atoms with E-state index in [-0.39, 0.29) is 30.0 Å². The number of carbonyl (C=O) groups excluding carboxylic acids is 1. The van der Waals surface area contributed by atoms with Gasteiger partial charge in [0.15, 0.2) is 0 Å². The second kappa shape index (κ2) is 7.57. The van der Waals surface area contributed by atoms with E-state index in [2.05, 4.69) is 15.3 Å². The van der Waals surface area contributed by atoms with Gasteiger partial charge in [0.05, 0.1) is 24.2 Å². The lowest BCUT2D eigenvalue weighted by molar-refractivity contribution is 0.0191. The van der Waals surface area contributed by atoms with Gasteiger partial charge in [0.1, 0.15) is 5.82 Å². The molecule has 1 aromatic heterocycles. The fraction of sp³-hybridized carbons (Fsp3) is 0.389. The van der Waals surface area contributed by atoms with Crippen LogP contribution in [0, 0.1) is 11.7 Å². The van der Waals surface area contributed by atoms with Crippen LogP contribution in [0.25, 0.3) is 0 Å². The summed E-state index contributed by atoms with van der Waals surface area (Å²) in [5, 5.41) is 13.3. The Bertz CT molecular complexity index is 721. The first kappa shape index (κ1) is 17.3. The third kappa shape index (κ3) is 4.11. The minimum atomic E-state index is -0.626. The van der Waals surface area contributed by atoms with Crippen molar-refractivity contribution >= 4 is 11.6 Å². The van der Waals surface area contributed by atoms with Crippen molar-refractivity contribution in [2.45, 2.75) is 18.9 Å². The van der Waals surface area contributed by atoms with Gasteiger partial charge in [-0.3, -0.25) is 4.79 Å². The monoisotopic (exact) mass is 344 g/mol. The molecule has 6 nitrogen and oxygen atoms in total. The zero-order valence-electron chi connectivity index (χ0n) is 14.0. The van der Waals surface area contributed by atoms with Crippen LogP contribution in [-0.2, 0) is 6.42 Å². The quantitative estimate of drug-likeness (QED) is 0.883. The molecule has 2 heterocycles. The van der Waals surface area contributed by atoms with E-state index in [1.54, 1.807) is 36.5 Å². The molecule has 1 aromatic carbocycles. The van der Waals surface area contributed by atoms with Crippen molar-refractivity contribution in [1.29, 1.82) is 0 Å². The number of aliphatic hydroxyl groups is 1. The molecule has 7 heteroatoms. The first-order chi connectivity index (χ1) is 12.1. The Kier molecular flexibility index (Phi) is 5.23. The molecule has 0 bridgehead atoms. The average Bonchev–Trinajstić information content (AvgIpc) is 2.64. The van der Waals surface area contributed by atoms with Gasteiger partial charge in [0, 0.05) is 20.1 Å². The van der Waals surface area contributed by atoms with E-state index in [0.29, 0.717) is 19.4 Å². The molecule has 0 spiro atoms. The summed E-state index contributed by atoms with van der Waals surface area (Å²) in [5.41, 5.74) is 1.71. The lowest BCUT2D eigenvalue weighted by Gasteiger charge is -2.35. The number of β-amino-alcohol motifs (C(OH)–C–C–N with tert-alkyl or cyclic N) is 1. The summed E-state index contributed by atoms with van der Waals surface area (Å²) < 4.78 is 13.0. The molecule has 0 aliphatic carbocycles. The number of carbonyl (C=O) groups is 1. The normalized spacial score (nSPS) is 20.4. The van der Waals surface area contributed by atoms with Gasteiger partial charge in [-0.1, -0.05) is 12.1 Å². The highest BCUT2D eigenvalue weighted by molar-refractivity contribution is 5.90. The minimum Gasteiger partial charge on any atom is -0.391 e. The standard InChI is InChI=1S/C18H21FN4O2/c1-20-15-9-21-17(22-10-15)18(25)23-7-6-13(16(24)11-23)8-12-2-4-14(19)5-3-12/h2-5,9-10,13,16,20,24H,6-8,11H2,1H3/t13-,16+/m1/s1. The highest BCUT2D eigenvalue weighted by atomic mass is 19.1. The molecule has 0 radical (unpaired) electrons. The van der Waals surface area contributed by atoms with E-state index in [1.165, 1.54) is 12.1 Å². The summed E-state index contributed by atoms with van der Waals surface area (Å²) in [6, 6.07) is 6.31. The summed E-state index contributed by atoms with van der Waals surface area (Å²) in [4.78, 5) is 22.2. The first-order valence-corrected chi connectivity index (χ1v) is 8.28. The molecule has 2 N–H and O–H groups in total. The third-order valence-electron chi connectivity index (χ3n) is 4.55. The van der Waals surface area contributed by atoms with Gasteiger partial charge in [-0.25, -0.2) is 14.4 Å². The number of anilines is 1. The smallest absolute Gasteiger partial charge is 0.291 e. The zero-order chi connectivity index (χ0) is 17.8. The Balaban J connectivity index is 1.60. The van der Waals surface area contributed by atoms with Crippen LogP contribution >= 0.6 is 0 Å². The molecular weight excluding hydrogens is 323 g/mol. The molecule has 132 valence electrons. The molecule has 1 saturated heterocycles. The van der Waals surface area contributed by atoms with Crippen molar-refractivity contribution in [3.63, 3.8) is 0 Å². The number of nitrogens with zero attached hydrogens (tertiary/aromatic N) is 3. The van der Waals surface area contributed by atoms with E-state index in [0.717, 1.165) is 11.3 Å². The predicted octanol–water partition coefficient (Wildman–Crippen LogP) is 1.72. The van der Waals surface area contributed by atoms with Crippen LogP contribution in [0.3, 0.4) is 0 Å². The lowest BCUT2D eigenvalue weighted by atomic mass is 9.88. The SMILES string of the molecule is CNc1cnc(C(=O)N2CC[C@H](Cc3ccc(F)cc3)[C@@H](O)C2)nc1. The molecular formula is C18H21FN4O2. The predicted molar refractivity (Wildman–Crippen MR) is 91.7 cm³/mol. The Morgan fingerprint density at radius 2 is 2.00 bits per heavy atom. The summed E-state index contributed by atoms with van der Waals surface area (Å²) in [5.74, 6) is -0.374. The maximum atomic E-state index is 13.0. The van der Waals surface area contributed by atoms with Crippen LogP contribution in [-0.4, -0.2) is 52.1 Å². The number of aromatic nitrogens is 2. The fourth-order valence-electron chi connectivity index (χ4n) is 3.03. The van der Waals surface area contributed by atoms with Crippen LogP contribution in [0.1, 0.15) is 22.6 Å². The highest BCUT2D eigenvalue weighted by Gasteiger charge is 2.31. The molecule has 2 atom stereocenters. The van der Waals surface area contributed by atoms with Crippen molar-refractivity contribution < 1.29 is 14.3 Å². The number of rotatable bonds is 4. The largest absolute Gasteiger partial charge is 0.391 e. The summed E-state index contributed by atoms with van der Waals surface area (Å²) >= 11 is 0. The first-order valence-electron chi connectivity index (χ1n) is 8.28. The van der Waals surface area contributed by atoms with Crippen molar-refractivity contribution in [2.75, 3.05) is 25.5 Å². The van der Waals surface area contributed by atoms with Gasteiger partial charge in [0.25, 0.3) is 5.91 Å². The van der Waals surface area contributed by atoms with E-state index in [1.807, 2.05) is 0 Å². The molecule has 2 aromatic rings. The maximum Gasteiger partial charge on any atom is 0.291 e. The van der Waals surface area contributed by atoms with Gasteiger partial charge in [0.2, 0.25) is 5.82 Å². The number of halogens is 1. The number of hydrogen-bond donors (Lipinski definition) is 2. The molecule has 1 aliphatic heterocycles. The van der Waals surface area contributed by atoms with Crippen molar-refractivity contribution in [2.24, 2.45) is 5.92 Å². The fourth-order valence-corrected chi connectivity index (χ4v) is 3.03. The molecule has 1 aliphatic rings. The lowest BCUT2D eigenvalue weighted by Crippen LogP contribution is -2.47. The number of likely N-dealkylation sites (tertiary alicyclic amines) is 1. The van der Waals surface area contributed by atoms with Crippen LogP contribution in [0.5, 0.6) is 0 Å². The molecule has 3 rings (SSSR count). The van der Waals surface area contributed by atoms with Gasteiger partial charge in [-0.05, 0) is 36.5 Å². The van der Waals surface area contributed by atoms with E-state index >= 15 is 0 Å². The molecule has 1 fully saturated rings. The number of benzene rings is 1. The molecule has 0 saturated carbocycles. The number of piperidine rings is 1. The van der Waals surface area contributed by atoms with E-state index in [9.17, 15) is 14.3 Å². The molecule has 0 unspecified atom stereocenters. The molecule has 1 amide bonds. The number of hydrogen-bond acceptors (Lipinski definition) is 5. The Labute approximate surface area is 145 Å². The highest BCUT2D eigenvalue weighted by Crippen LogP contribution is 2.23.